The van der Waals surface area contributed by atoms with Crippen LogP contribution in [0.4, 0.5) is 0 Å². The minimum Gasteiger partial charge on any atom is -0.460 e. The van der Waals surface area contributed by atoms with E-state index in [9.17, 15) is 25.2 Å². The van der Waals surface area contributed by atoms with Gasteiger partial charge in [-0.25, -0.2) is 0 Å². The fraction of sp³-hybridized carbons (Fsp3) is 0.971. The van der Waals surface area contributed by atoms with E-state index in [0.717, 1.165) is 83.5 Å². The Balaban J connectivity index is 1.39. The number of unbranched alkanes of at least 4 members (excludes halogenated alkanes) is 14. The predicted octanol–water partition coefficient (Wildman–Crippen LogP) is 7.14. The summed E-state index contributed by atoms with van der Waals surface area (Å²) in [4.78, 5) is 11.7. The summed E-state index contributed by atoms with van der Waals surface area (Å²) in [5.74, 6) is -0.632. The molecule has 248 valence electrons. The fourth-order valence-corrected chi connectivity index (χ4v) is 6.72. The van der Waals surface area contributed by atoms with Gasteiger partial charge in [0.15, 0.2) is 0 Å². The Morgan fingerprint density at radius 2 is 1.10 bits per heavy atom. The van der Waals surface area contributed by atoms with Crippen LogP contribution in [0.1, 0.15) is 168 Å². The second-order valence-electron chi connectivity index (χ2n) is 13.4. The highest BCUT2D eigenvalue weighted by atomic mass is 16.6. The van der Waals surface area contributed by atoms with Crippen molar-refractivity contribution in [2.45, 2.75) is 211 Å². The molecule has 4 N–H and O–H groups in total. The smallest absolute Gasteiger partial charge is 0.312 e. The third kappa shape index (κ3) is 15.3. The molecule has 7 nitrogen and oxygen atoms in total. The Hall–Kier alpha value is -0.730. The molecule has 2 rings (SSSR count). The molecule has 42 heavy (non-hydrogen) atoms. The van der Waals surface area contributed by atoms with Crippen molar-refractivity contribution in [1.82, 2.24) is 0 Å². The summed E-state index contributed by atoms with van der Waals surface area (Å²) in [6.07, 6.45) is 22.5. The molecule has 8 atom stereocenters. The van der Waals surface area contributed by atoms with Crippen LogP contribution in [0.2, 0.25) is 0 Å². The third-order valence-electron chi connectivity index (χ3n) is 9.63. The first kappa shape index (κ1) is 37.5. The quantitative estimate of drug-likeness (QED) is 0.0618. The summed E-state index contributed by atoms with van der Waals surface area (Å²) in [5.41, 5.74) is 0. The van der Waals surface area contributed by atoms with Gasteiger partial charge in [0.2, 0.25) is 0 Å². The Morgan fingerprint density at radius 1 is 0.667 bits per heavy atom. The number of esters is 1. The molecule has 0 radical (unpaired) electrons. The summed E-state index contributed by atoms with van der Waals surface area (Å²) >= 11 is 0. The largest absolute Gasteiger partial charge is 0.460 e. The van der Waals surface area contributed by atoms with Crippen LogP contribution in [0.15, 0.2) is 0 Å². The van der Waals surface area contributed by atoms with Crippen LogP contribution in [-0.2, 0) is 14.3 Å². The first-order valence-electron chi connectivity index (χ1n) is 17.9. The van der Waals surface area contributed by atoms with Crippen molar-refractivity contribution in [2.24, 2.45) is 5.92 Å². The lowest BCUT2D eigenvalue weighted by atomic mass is 9.94. The van der Waals surface area contributed by atoms with Gasteiger partial charge in [-0.1, -0.05) is 116 Å². The van der Waals surface area contributed by atoms with Crippen LogP contribution in [0.25, 0.3) is 0 Å². The predicted molar refractivity (Wildman–Crippen MR) is 168 cm³/mol. The molecule has 2 aliphatic rings. The molecule has 7 heteroatoms. The van der Waals surface area contributed by atoms with Gasteiger partial charge in [-0.3, -0.25) is 4.79 Å². The van der Waals surface area contributed by atoms with Crippen molar-refractivity contribution < 1.29 is 34.7 Å². The van der Waals surface area contributed by atoms with Gasteiger partial charge in [0.1, 0.15) is 12.2 Å². The zero-order chi connectivity index (χ0) is 30.6. The standard InChI is InChI=1S/C35H66O7/c1-3-4-5-6-7-8-9-10-14-17-23-30(37)32-25-26-33(42-32)31(38)24-19-18-21-28(36)20-15-12-11-13-16-22-29-34(39)27(2)41-35(29)40/h27-34,36-39H,3-26H2,1-2H3/t27-,28?,29+,30-,31+,32+,33+,34+/m0/s1. The molecule has 1 unspecified atom stereocenters. The van der Waals surface area contributed by atoms with Crippen LogP contribution >= 0.6 is 0 Å². The van der Waals surface area contributed by atoms with Gasteiger partial charge in [0.05, 0.1) is 36.4 Å². The van der Waals surface area contributed by atoms with Crippen LogP contribution in [0, 0.1) is 5.92 Å². The minimum atomic E-state index is -0.673. The number of carbonyl (C=O) groups excluding carboxylic acids is 1. The summed E-state index contributed by atoms with van der Waals surface area (Å²) in [5, 5.41) is 41.5. The molecule has 0 saturated carbocycles. The maximum Gasteiger partial charge on any atom is 0.312 e. The Labute approximate surface area is 257 Å². The third-order valence-corrected chi connectivity index (χ3v) is 9.63. The van der Waals surface area contributed by atoms with E-state index in [1.54, 1.807) is 6.92 Å². The van der Waals surface area contributed by atoms with Crippen molar-refractivity contribution in [3.8, 4) is 0 Å². The second-order valence-corrected chi connectivity index (χ2v) is 13.4. The van der Waals surface area contributed by atoms with E-state index in [2.05, 4.69) is 6.92 Å². The van der Waals surface area contributed by atoms with Gasteiger partial charge in [0.25, 0.3) is 0 Å². The van der Waals surface area contributed by atoms with E-state index in [-0.39, 0.29) is 30.2 Å². The molecule has 2 saturated heterocycles. The van der Waals surface area contributed by atoms with Crippen LogP contribution in [0.5, 0.6) is 0 Å². The average molecular weight is 599 g/mol. The van der Waals surface area contributed by atoms with Crippen LogP contribution in [-0.4, -0.2) is 69.1 Å². The minimum absolute atomic E-state index is 0.139. The van der Waals surface area contributed by atoms with Gasteiger partial charge in [-0.05, 0) is 51.9 Å². The molecule has 0 spiro atoms. The summed E-state index contributed by atoms with van der Waals surface area (Å²) < 4.78 is 11.1. The normalized spacial score (nSPS) is 26.4. The maximum atomic E-state index is 11.7. The monoisotopic (exact) mass is 598 g/mol. The second kappa shape index (κ2) is 22.7. The molecule has 0 amide bonds. The number of aliphatic hydroxyl groups is 4. The van der Waals surface area contributed by atoms with Gasteiger partial charge < -0.3 is 29.9 Å². The zero-order valence-electron chi connectivity index (χ0n) is 27.1. The zero-order valence-corrected chi connectivity index (χ0v) is 27.1. The Kier molecular flexibility index (Phi) is 20.3. The van der Waals surface area contributed by atoms with Gasteiger partial charge >= 0.3 is 5.97 Å². The number of hydrogen-bond donors (Lipinski definition) is 4. The van der Waals surface area contributed by atoms with Crippen LogP contribution < -0.4 is 0 Å². The first-order valence-corrected chi connectivity index (χ1v) is 17.9. The van der Waals surface area contributed by atoms with Gasteiger partial charge in [-0.15, -0.1) is 0 Å². The number of cyclic esters (lactones) is 1. The van der Waals surface area contributed by atoms with Crippen molar-refractivity contribution in [1.29, 1.82) is 0 Å². The van der Waals surface area contributed by atoms with Crippen LogP contribution in [0.3, 0.4) is 0 Å². The van der Waals surface area contributed by atoms with E-state index >= 15 is 0 Å². The first-order chi connectivity index (χ1) is 20.3. The van der Waals surface area contributed by atoms with E-state index in [1.165, 1.54) is 57.8 Å². The Bertz CT molecular complexity index is 674. The average Bonchev–Trinajstić information content (AvgIpc) is 3.56. The highest BCUT2D eigenvalue weighted by molar-refractivity contribution is 5.75. The van der Waals surface area contributed by atoms with E-state index in [4.69, 9.17) is 9.47 Å². The lowest BCUT2D eigenvalue weighted by Gasteiger charge is -2.22. The van der Waals surface area contributed by atoms with Crippen molar-refractivity contribution in [3.63, 3.8) is 0 Å². The molecule has 0 bridgehead atoms. The lowest BCUT2D eigenvalue weighted by Crippen LogP contribution is -2.31. The molecule has 0 aliphatic carbocycles. The molecule has 2 heterocycles. The number of carbonyl (C=O) groups is 1. The van der Waals surface area contributed by atoms with Gasteiger partial charge in [-0.2, -0.15) is 0 Å². The highest BCUT2D eigenvalue weighted by Crippen LogP contribution is 2.29. The summed E-state index contributed by atoms with van der Waals surface area (Å²) in [6.45, 7) is 3.99. The lowest BCUT2D eigenvalue weighted by molar-refractivity contribution is -0.143. The molecule has 0 aromatic rings. The molecule has 2 fully saturated rings. The molecule has 0 aromatic carbocycles. The molecular formula is C35H66O7. The summed E-state index contributed by atoms with van der Waals surface area (Å²) in [7, 11) is 0. The van der Waals surface area contributed by atoms with Crippen molar-refractivity contribution >= 4 is 5.97 Å². The van der Waals surface area contributed by atoms with E-state index < -0.39 is 24.4 Å². The highest BCUT2D eigenvalue weighted by Gasteiger charge is 2.40. The summed E-state index contributed by atoms with van der Waals surface area (Å²) in [6, 6.07) is 0. The molecule has 0 aromatic heterocycles. The molecular weight excluding hydrogens is 532 g/mol. The molecule has 2 aliphatic heterocycles. The number of rotatable bonds is 26. The van der Waals surface area contributed by atoms with Crippen molar-refractivity contribution in [2.75, 3.05) is 0 Å². The van der Waals surface area contributed by atoms with Crippen molar-refractivity contribution in [3.05, 3.63) is 0 Å². The topological polar surface area (TPSA) is 116 Å². The van der Waals surface area contributed by atoms with Gasteiger partial charge in [0, 0.05) is 0 Å². The van der Waals surface area contributed by atoms with E-state index in [1.807, 2.05) is 0 Å². The Morgan fingerprint density at radius 3 is 1.60 bits per heavy atom. The maximum absolute atomic E-state index is 11.7. The number of aliphatic hydroxyl groups excluding tert-OH is 4. The number of ether oxygens (including phenoxy) is 2. The number of hydrogen-bond acceptors (Lipinski definition) is 7. The fourth-order valence-electron chi connectivity index (χ4n) is 6.72. The SMILES string of the molecule is CCCCCCCCCCCC[C@H](O)[C@H]1CC[C@H]([C@H](O)CCCCC(O)CCCCCCC[C@H]2C(=O)O[C@@H](C)[C@H]2O)O1. The van der Waals surface area contributed by atoms with E-state index in [0.29, 0.717) is 12.8 Å².